The van der Waals surface area contributed by atoms with E-state index < -0.39 is 6.04 Å². The molecule has 0 saturated heterocycles. The van der Waals surface area contributed by atoms with Crippen LogP contribution in [-0.2, 0) is 22.6 Å². The molecular weight excluding hydrogens is 456 g/mol. The van der Waals surface area contributed by atoms with Crippen molar-refractivity contribution in [1.29, 1.82) is 0 Å². The van der Waals surface area contributed by atoms with E-state index in [2.05, 4.69) is 19.2 Å². The third-order valence-corrected chi connectivity index (χ3v) is 6.55. The standard InChI is InChI=1S/C29H34N2O3S/c1-22(2)19-30-29(33)27(18-23-11-6-4-7-12-23)31(20-24-13-10-14-25(17-24)34-3)28(32)21-35-26-15-8-5-9-16-26/h4-17,22,27H,18-21H2,1-3H3,(H,30,33). The molecule has 0 fully saturated rings. The van der Waals surface area contributed by atoms with E-state index in [1.165, 1.54) is 11.8 Å². The molecule has 184 valence electrons. The first-order chi connectivity index (χ1) is 17.0. The molecule has 3 rings (SSSR count). The summed E-state index contributed by atoms with van der Waals surface area (Å²) < 4.78 is 5.38. The molecular formula is C29H34N2O3S. The highest BCUT2D eigenvalue weighted by atomic mass is 32.2. The number of nitrogens with zero attached hydrogens (tertiary/aromatic N) is 1. The largest absolute Gasteiger partial charge is 0.497 e. The smallest absolute Gasteiger partial charge is 0.243 e. The van der Waals surface area contributed by atoms with Gasteiger partial charge in [0, 0.05) is 24.4 Å². The number of methoxy groups -OCH3 is 1. The number of hydrogen-bond donors (Lipinski definition) is 1. The van der Waals surface area contributed by atoms with Gasteiger partial charge in [-0.3, -0.25) is 9.59 Å². The Hall–Kier alpha value is -3.25. The molecule has 35 heavy (non-hydrogen) atoms. The quantitative estimate of drug-likeness (QED) is 0.355. The SMILES string of the molecule is COc1cccc(CN(C(=O)CSc2ccccc2)C(Cc2ccccc2)C(=O)NCC(C)C)c1. The molecule has 6 heteroatoms. The van der Waals surface area contributed by atoms with Gasteiger partial charge < -0.3 is 15.0 Å². The van der Waals surface area contributed by atoms with Crippen LogP contribution in [0.5, 0.6) is 5.75 Å². The molecule has 3 aromatic rings. The van der Waals surface area contributed by atoms with Crippen molar-refractivity contribution in [2.75, 3.05) is 19.4 Å². The number of nitrogens with one attached hydrogen (secondary N) is 1. The number of carbonyl (C=O) groups is 2. The fraction of sp³-hybridized carbons (Fsp3) is 0.310. The first-order valence-electron chi connectivity index (χ1n) is 11.9. The van der Waals surface area contributed by atoms with Gasteiger partial charge in [-0.15, -0.1) is 11.8 Å². The molecule has 0 heterocycles. The van der Waals surface area contributed by atoms with Crippen molar-refractivity contribution < 1.29 is 14.3 Å². The second-order valence-corrected chi connectivity index (χ2v) is 9.87. The van der Waals surface area contributed by atoms with Crippen LogP contribution in [-0.4, -0.2) is 42.2 Å². The fourth-order valence-corrected chi connectivity index (χ4v) is 4.49. The number of thioether (sulfide) groups is 1. The number of hydrogen-bond acceptors (Lipinski definition) is 4. The summed E-state index contributed by atoms with van der Waals surface area (Å²) in [6.07, 6.45) is 0.441. The lowest BCUT2D eigenvalue weighted by Crippen LogP contribution is -2.51. The van der Waals surface area contributed by atoms with Crippen LogP contribution >= 0.6 is 11.8 Å². The Bertz CT molecular complexity index is 1070. The van der Waals surface area contributed by atoms with Gasteiger partial charge in [0.05, 0.1) is 12.9 Å². The zero-order chi connectivity index (χ0) is 25.0. The van der Waals surface area contributed by atoms with Gasteiger partial charge in [-0.05, 0) is 41.3 Å². The van der Waals surface area contributed by atoms with Gasteiger partial charge in [0.1, 0.15) is 11.8 Å². The second kappa shape index (κ2) is 13.6. The van der Waals surface area contributed by atoms with Gasteiger partial charge >= 0.3 is 0 Å². The number of amides is 2. The number of rotatable bonds is 12. The van der Waals surface area contributed by atoms with E-state index in [-0.39, 0.29) is 17.6 Å². The molecule has 1 N–H and O–H groups in total. The molecule has 5 nitrogen and oxygen atoms in total. The monoisotopic (exact) mass is 490 g/mol. The third-order valence-electron chi connectivity index (χ3n) is 5.55. The van der Waals surface area contributed by atoms with Crippen molar-refractivity contribution in [1.82, 2.24) is 10.2 Å². The van der Waals surface area contributed by atoms with Gasteiger partial charge in [-0.25, -0.2) is 0 Å². The van der Waals surface area contributed by atoms with Gasteiger partial charge in [0.25, 0.3) is 0 Å². The van der Waals surface area contributed by atoms with Crippen molar-refractivity contribution in [2.45, 2.75) is 37.8 Å². The average molecular weight is 491 g/mol. The lowest BCUT2D eigenvalue weighted by molar-refractivity contribution is -0.139. The minimum Gasteiger partial charge on any atom is -0.497 e. The minimum atomic E-state index is -0.633. The van der Waals surface area contributed by atoms with E-state index in [4.69, 9.17) is 4.74 Å². The van der Waals surface area contributed by atoms with Crippen LogP contribution in [0.3, 0.4) is 0 Å². The average Bonchev–Trinajstić information content (AvgIpc) is 2.89. The fourth-order valence-electron chi connectivity index (χ4n) is 3.69. The van der Waals surface area contributed by atoms with E-state index in [1.807, 2.05) is 84.9 Å². The lowest BCUT2D eigenvalue weighted by atomic mass is 10.0. The molecule has 2 amide bonds. The zero-order valence-corrected chi connectivity index (χ0v) is 21.5. The number of benzene rings is 3. The van der Waals surface area contributed by atoms with Crippen molar-refractivity contribution in [3.8, 4) is 5.75 Å². The van der Waals surface area contributed by atoms with Crippen molar-refractivity contribution >= 4 is 23.6 Å². The highest BCUT2D eigenvalue weighted by Crippen LogP contribution is 2.22. The van der Waals surface area contributed by atoms with Crippen LogP contribution in [0.1, 0.15) is 25.0 Å². The predicted molar refractivity (Wildman–Crippen MR) is 142 cm³/mol. The van der Waals surface area contributed by atoms with Crippen LogP contribution in [0.4, 0.5) is 0 Å². The highest BCUT2D eigenvalue weighted by Gasteiger charge is 2.30. The van der Waals surface area contributed by atoms with E-state index in [1.54, 1.807) is 12.0 Å². The van der Waals surface area contributed by atoms with E-state index in [0.717, 1.165) is 21.8 Å². The van der Waals surface area contributed by atoms with Gasteiger partial charge in [0.15, 0.2) is 0 Å². The minimum absolute atomic E-state index is 0.0812. The molecule has 0 spiro atoms. The Balaban J connectivity index is 1.90. The number of ether oxygens (including phenoxy) is 1. The van der Waals surface area contributed by atoms with E-state index in [0.29, 0.717) is 25.4 Å². The molecule has 0 radical (unpaired) electrons. The summed E-state index contributed by atoms with van der Waals surface area (Å²) in [4.78, 5) is 29.8. The van der Waals surface area contributed by atoms with Crippen LogP contribution in [0.2, 0.25) is 0 Å². The van der Waals surface area contributed by atoms with Crippen LogP contribution in [0, 0.1) is 5.92 Å². The molecule has 1 atom stereocenters. The number of carbonyl (C=O) groups excluding carboxylic acids is 2. The van der Waals surface area contributed by atoms with Crippen molar-refractivity contribution in [3.05, 3.63) is 96.1 Å². The summed E-state index contributed by atoms with van der Waals surface area (Å²) in [6.45, 7) is 4.99. The molecule has 0 aliphatic heterocycles. The molecule has 1 unspecified atom stereocenters. The lowest BCUT2D eigenvalue weighted by Gasteiger charge is -2.32. The highest BCUT2D eigenvalue weighted by molar-refractivity contribution is 8.00. The summed E-state index contributed by atoms with van der Waals surface area (Å²) in [5.41, 5.74) is 1.92. The molecule has 0 saturated carbocycles. The molecule has 3 aromatic carbocycles. The zero-order valence-electron chi connectivity index (χ0n) is 20.6. The van der Waals surface area contributed by atoms with Gasteiger partial charge in [-0.2, -0.15) is 0 Å². The van der Waals surface area contributed by atoms with Gasteiger partial charge in [0.2, 0.25) is 11.8 Å². The summed E-state index contributed by atoms with van der Waals surface area (Å²) in [6, 6.07) is 26.7. The van der Waals surface area contributed by atoms with Crippen molar-refractivity contribution in [3.63, 3.8) is 0 Å². The van der Waals surface area contributed by atoms with Crippen molar-refractivity contribution in [2.24, 2.45) is 5.92 Å². The molecule has 0 bridgehead atoms. The summed E-state index contributed by atoms with van der Waals surface area (Å²) in [7, 11) is 1.62. The Kier molecular flexibility index (Phi) is 10.2. The molecule has 0 aromatic heterocycles. The van der Waals surface area contributed by atoms with Crippen LogP contribution in [0.25, 0.3) is 0 Å². The van der Waals surface area contributed by atoms with Gasteiger partial charge in [-0.1, -0.05) is 74.5 Å². The van der Waals surface area contributed by atoms with Crippen LogP contribution in [0.15, 0.2) is 89.8 Å². The normalized spacial score (nSPS) is 11.7. The second-order valence-electron chi connectivity index (χ2n) is 8.82. The Morgan fingerprint density at radius 3 is 2.23 bits per heavy atom. The first kappa shape index (κ1) is 26.4. The Labute approximate surface area is 212 Å². The molecule has 0 aliphatic carbocycles. The molecule has 0 aliphatic rings. The van der Waals surface area contributed by atoms with Crippen LogP contribution < -0.4 is 10.1 Å². The maximum atomic E-state index is 13.6. The summed E-state index contributed by atoms with van der Waals surface area (Å²) in [5.74, 6) is 1.06. The summed E-state index contributed by atoms with van der Waals surface area (Å²) in [5, 5.41) is 3.06. The maximum absolute atomic E-state index is 13.6. The maximum Gasteiger partial charge on any atom is 0.243 e. The Morgan fingerprint density at radius 1 is 0.914 bits per heavy atom. The summed E-state index contributed by atoms with van der Waals surface area (Å²) >= 11 is 1.48. The first-order valence-corrected chi connectivity index (χ1v) is 12.9. The van der Waals surface area contributed by atoms with E-state index >= 15 is 0 Å². The third kappa shape index (κ3) is 8.48. The Morgan fingerprint density at radius 2 is 1.57 bits per heavy atom. The van der Waals surface area contributed by atoms with E-state index in [9.17, 15) is 9.59 Å². The predicted octanol–water partition coefficient (Wildman–Crippen LogP) is 5.20. The topological polar surface area (TPSA) is 58.6 Å².